The Morgan fingerprint density at radius 3 is 2.66 bits per heavy atom. The lowest BCUT2D eigenvalue weighted by molar-refractivity contribution is -0.209. The van der Waals surface area contributed by atoms with Crippen molar-refractivity contribution >= 4 is 33.6 Å². The predicted molar refractivity (Wildman–Crippen MR) is 98.2 cm³/mol. The Balaban J connectivity index is 2.02. The number of hydrogen-bond acceptors (Lipinski definition) is 5. The highest BCUT2D eigenvalue weighted by molar-refractivity contribution is 9.10. The Bertz CT molecular complexity index is 939. The van der Waals surface area contributed by atoms with Crippen LogP contribution in [0.2, 0.25) is 5.15 Å². The number of aliphatic imine (C=N–C) groups is 1. The summed E-state index contributed by atoms with van der Waals surface area (Å²) in [6, 6.07) is 5.24. The molecule has 2 aromatic rings. The van der Waals surface area contributed by atoms with Crippen LogP contribution in [0.4, 0.5) is 22.0 Å². The summed E-state index contributed by atoms with van der Waals surface area (Å²) >= 11 is 9.03. The molecular formula is C17H12BrClF5N3O2. The van der Waals surface area contributed by atoms with E-state index in [1.807, 2.05) is 0 Å². The number of alkyl halides is 4. The van der Waals surface area contributed by atoms with Crippen LogP contribution in [-0.4, -0.2) is 30.0 Å². The third-order valence-electron chi connectivity index (χ3n) is 4.09. The summed E-state index contributed by atoms with van der Waals surface area (Å²) in [7, 11) is 0. The lowest BCUT2D eigenvalue weighted by Crippen LogP contribution is -2.48. The summed E-state index contributed by atoms with van der Waals surface area (Å²) < 4.78 is 78.4. The Labute approximate surface area is 174 Å². The number of hydrogen-bond donors (Lipinski definition) is 1. The molecule has 0 saturated heterocycles. The van der Waals surface area contributed by atoms with Crippen LogP contribution in [0, 0.1) is 5.82 Å². The zero-order valence-electron chi connectivity index (χ0n) is 14.3. The van der Waals surface area contributed by atoms with Crippen LogP contribution in [0.25, 0.3) is 0 Å². The van der Waals surface area contributed by atoms with Gasteiger partial charge in [-0.15, -0.1) is 0 Å². The van der Waals surface area contributed by atoms with Crippen molar-refractivity contribution in [3.8, 4) is 11.6 Å². The number of nitrogens with zero attached hydrogens (tertiary/aromatic N) is 2. The number of ether oxygens (including phenoxy) is 2. The van der Waals surface area contributed by atoms with Crippen LogP contribution in [0.15, 0.2) is 39.8 Å². The second-order valence-electron chi connectivity index (χ2n) is 6.16. The summed E-state index contributed by atoms with van der Waals surface area (Å²) in [5, 5.41) is 0.103. The number of pyridine rings is 1. The van der Waals surface area contributed by atoms with Crippen LogP contribution in [0.3, 0.4) is 0 Å². The molecule has 3 rings (SSSR count). The van der Waals surface area contributed by atoms with Crippen LogP contribution in [0.1, 0.15) is 12.0 Å². The minimum atomic E-state index is -4.84. The first-order valence-corrected chi connectivity index (χ1v) is 9.15. The fourth-order valence-electron chi connectivity index (χ4n) is 2.83. The van der Waals surface area contributed by atoms with E-state index in [-0.39, 0.29) is 16.8 Å². The molecule has 5 nitrogen and oxygen atoms in total. The standard InChI is InChI=1S/C17H12BrClF5N3O2/c18-8-3-13(19)26-14(4-8)28-9-1-2-11(21)10(5-9)16(7-20)6-12(17(22,23)24)29-15(25)27-16/h1-5,12H,6-7H2,(H2,25,27)/t12-,16+/m0/s1. The largest absolute Gasteiger partial charge is 0.452 e. The van der Waals surface area contributed by atoms with E-state index in [0.717, 1.165) is 12.1 Å². The van der Waals surface area contributed by atoms with Gasteiger partial charge in [-0.05, 0) is 24.3 Å². The molecule has 2 N–H and O–H groups in total. The zero-order valence-corrected chi connectivity index (χ0v) is 16.7. The summed E-state index contributed by atoms with van der Waals surface area (Å²) in [5.74, 6) is -0.964. The minimum absolute atomic E-state index is 0.0142. The molecule has 2 heterocycles. The van der Waals surface area contributed by atoms with Crippen LogP contribution in [-0.2, 0) is 10.3 Å². The van der Waals surface area contributed by atoms with E-state index >= 15 is 0 Å². The SMILES string of the molecule is NC1=N[C@](CF)(c2cc(Oc3cc(Br)cc(Cl)n3)ccc2F)C[C@@H](C(F)(F)F)O1. The fourth-order valence-corrected chi connectivity index (χ4v) is 3.57. The summed E-state index contributed by atoms with van der Waals surface area (Å²) in [5.41, 5.74) is 2.65. The lowest BCUT2D eigenvalue weighted by Gasteiger charge is -2.36. The van der Waals surface area contributed by atoms with E-state index < -0.39 is 48.3 Å². The molecule has 0 radical (unpaired) electrons. The van der Waals surface area contributed by atoms with Crippen LogP contribution in [0.5, 0.6) is 11.6 Å². The molecule has 0 spiro atoms. The molecule has 1 aliphatic heterocycles. The van der Waals surface area contributed by atoms with Crippen molar-refractivity contribution < 1.29 is 31.4 Å². The van der Waals surface area contributed by atoms with Gasteiger partial charge in [-0.3, -0.25) is 0 Å². The molecule has 0 fully saturated rings. The van der Waals surface area contributed by atoms with Crippen molar-refractivity contribution in [1.29, 1.82) is 0 Å². The lowest BCUT2D eigenvalue weighted by atomic mass is 9.84. The molecular weight excluding hydrogens is 489 g/mol. The number of halogens is 7. The van der Waals surface area contributed by atoms with Gasteiger partial charge < -0.3 is 15.2 Å². The molecule has 12 heteroatoms. The van der Waals surface area contributed by atoms with Crippen LogP contribution >= 0.6 is 27.5 Å². The highest BCUT2D eigenvalue weighted by atomic mass is 79.9. The van der Waals surface area contributed by atoms with E-state index in [1.165, 1.54) is 18.2 Å². The maximum absolute atomic E-state index is 14.5. The number of aromatic nitrogens is 1. The molecule has 2 atom stereocenters. The fraction of sp³-hybridized carbons (Fsp3) is 0.294. The second-order valence-corrected chi connectivity index (χ2v) is 7.46. The van der Waals surface area contributed by atoms with Gasteiger partial charge in [0.1, 0.15) is 28.9 Å². The van der Waals surface area contributed by atoms with Gasteiger partial charge in [0.05, 0.1) is 0 Å². The average Bonchev–Trinajstić information content (AvgIpc) is 2.61. The first-order valence-electron chi connectivity index (χ1n) is 7.98. The quantitative estimate of drug-likeness (QED) is 0.459. The second kappa shape index (κ2) is 7.94. The van der Waals surface area contributed by atoms with Gasteiger partial charge in [0.15, 0.2) is 6.10 Å². The average molecular weight is 501 g/mol. The molecule has 0 unspecified atom stereocenters. The first kappa shape index (κ1) is 21.6. The maximum atomic E-state index is 14.5. The number of amidine groups is 1. The Morgan fingerprint density at radius 2 is 2.03 bits per heavy atom. The van der Waals surface area contributed by atoms with E-state index in [1.54, 1.807) is 0 Å². The normalized spacial score (nSPS) is 22.0. The predicted octanol–water partition coefficient (Wildman–Crippen LogP) is 5.26. The minimum Gasteiger partial charge on any atom is -0.452 e. The Kier molecular flexibility index (Phi) is 5.91. The van der Waals surface area contributed by atoms with Crippen molar-refractivity contribution in [3.63, 3.8) is 0 Å². The van der Waals surface area contributed by atoms with Crippen molar-refractivity contribution in [1.82, 2.24) is 4.98 Å². The number of benzene rings is 1. The molecule has 29 heavy (non-hydrogen) atoms. The Hall–Kier alpha value is -2.14. The van der Waals surface area contributed by atoms with E-state index in [0.29, 0.717) is 4.47 Å². The van der Waals surface area contributed by atoms with E-state index in [2.05, 4.69) is 30.6 Å². The summed E-state index contributed by atoms with van der Waals surface area (Å²) in [6.07, 6.45) is -8.28. The van der Waals surface area contributed by atoms with Gasteiger partial charge in [0, 0.05) is 22.5 Å². The smallest absolute Gasteiger partial charge is 0.425 e. The topological polar surface area (TPSA) is 69.7 Å². The van der Waals surface area contributed by atoms with Gasteiger partial charge in [-0.25, -0.2) is 18.8 Å². The highest BCUT2D eigenvalue weighted by Crippen LogP contribution is 2.42. The van der Waals surface area contributed by atoms with Gasteiger partial charge in [0.2, 0.25) is 5.88 Å². The zero-order chi connectivity index (χ0) is 21.4. The maximum Gasteiger partial charge on any atom is 0.425 e. The van der Waals surface area contributed by atoms with Gasteiger partial charge >= 0.3 is 6.18 Å². The van der Waals surface area contributed by atoms with Crippen molar-refractivity contribution in [2.45, 2.75) is 24.2 Å². The number of rotatable bonds is 4. The molecule has 1 aliphatic rings. The highest BCUT2D eigenvalue weighted by Gasteiger charge is 2.52. The molecule has 0 saturated carbocycles. The third-order valence-corrected chi connectivity index (χ3v) is 4.74. The van der Waals surface area contributed by atoms with Gasteiger partial charge in [-0.2, -0.15) is 13.2 Å². The van der Waals surface area contributed by atoms with Crippen LogP contribution < -0.4 is 10.5 Å². The monoisotopic (exact) mass is 499 g/mol. The van der Waals surface area contributed by atoms with E-state index in [9.17, 15) is 22.0 Å². The first-order chi connectivity index (χ1) is 13.5. The molecule has 1 aromatic heterocycles. The van der Waals surface area contributed by atoms with Crippen molar-refractivity contribution in [2.75, 3.05) is 6.67 Å². The molecule has 0 bridgehead atoms. The third kappa shape index (κ3) is 4.72. The summed E-state index contributed by atoms with van der Waals surface area (Å²) in [4.78, 5) is 7.58. The molecule has 0 amide bonds. The molecule has 156 valence electrons. The Morgan fingerprint density at radius 1 is 1.31 bits per heavy atom. The number of nitrogens with two attached hydrogens (primary N) is 1. The van der Waals surface area contributed by atoms with E-state index in [4.69, 9.17) is 22.1 Å². The van der Waals surface area contributed by atoms with Crippen molar-refractivity contribution in [2.24, 2.45) is 10.7 Å². The van der Waals surface area contributed by atoms with Crippen molar-refractivity contribution in [3.05, 3.63) is 51.3 Å². The molecule has 1 aromatic carbocycles. The van der Waals surface area contributed by atoms with Gasteiger partial charge in [-0.1, -0.05) is 27.5 Å². The molecule has 0 aliphatic carbocycles. The summed E-state index contributed by atoms with van der Waals surface area (Å²) in [6.45, 7) is -1.44. The van der Waals surface area contributed by atoms with Gasteiger partial charge in [0.25, 0.3) is 6.02 Å².